The first kappa shape index (κ1) is 33.2. The largest absolute Gasteiger partial charge is 0.451 e. The summed E-state index contributed by atoms with van der Waals surface area (Å²) < 4.78 is 51.7. The summed E-state index contributed by atoms with van der Waals surface area (Å²) in [6, 6.07) is 3.72. The van der Waals surface area contributed by atoms with Gasteiger partial charge < -0.3 is 24.2 Å². The SMILES string of the molecule is CC(C)N(C)C(=O)c1cc(F)ccc1Oc1cncnc1N1CC2(CCN(C[C@@H]3CC[C@@H](N(c4cnn(C)c4)S(=O)O)CO3)CC2)C1. The van der Waals surface area contributed by atoms with Crippen molar-refractivity contribution in [2.24, 2.45) is 12.5 Å². The molecule has 0 aliphatic carbocycles. The van der Waals surface area contributed by atoms with Crippen molar-refractivity contribution < 1.29 is 27.4 Å². The fourth-order valence-corrected chi connectivity index (χ4v) is 7.42. The molecule has 5 heterocycles. The molecule has 254 valence electrons. The number of likely N-dealkylation sites (tertiary alicyclic amines) is 1. The van der Waals surface area contributed by atoms with E-state index in [1.54, 1.807) is 42.3 Å². The number of hydrogen-bond donors (Lipinski definition) is 1. The van der Waals surface area contributed by atoms with E-state index in [2.05, 4.69) is 24.9 Å². The Hall–Kier alpha value is -3.66. The van der Waals surface area contributed by atoms with Crippen LogP contribution in [-0.2, 0) is 23.1 Å². The predicted octanol–water partition coefficient (Wildman–Crippen LogP) is 3.72. The van der Waals surface area contributed by atoms with Crippen LogP contribution < -0.4 is 13.9 Å². The number of carbonyl (C=O) groups is 1. The number of nitrogens with zero attached hydrogens (tertiary/aromatic N) is 8. The first-order valence-electron chi connectivity index (χ1n) is 16.0. The average Bonchev–Trinajstić information content (AvgIpc) is 3.46. The highest BCUT2D eigenvalue weighted by Crippen LogP contribution is 2.45. The molecule has 1 unspecified atom stereocenters. The zero-order valence-electron chi connectivity index (χ0n) is 27.3. The van der Waals surface area contributed by atoms with Crippen LogP contribution in [0, 0.1) is 11.2 Å². The fraction of sp³-hybridized carbons (Fsp3) is 0.562. The molecule has 3 aliphatic rings. The molecule has 3 aliphatic heterocycles. The molecule has 3 saturated heterocycles. The standard InChI is InChI=1S/C32H43FN8O5S/c1-22(2)38(4)31(42)27-13-23(33)5-8-28(27)46-29-15-34-21-35-30(29)40-19-32(20-40)9-11-39(12-10-32)17-26-7-6-24(18-45-26)41(47(43)44)25-14-36-37(3)16-25/h5,8,13-16,21-22,24,26H,6-7,9-12,17-20H2,1-4H3,(H,43,44)/t24-,26+/m1/s1. The summed E-state index contributed by atoms with van der Waals surface area (Å²) in [5.74, 6) is 0.503. The summed E-state index contributed by atoms with van der Waals surface area (Å²) in [6.45, 7) is 8.64. The Balaban J connectivity index is 1.01. The number of anilines is 2. The summed E-state index contributed by atoms with van der Waals surface area (Å²) in [4.78, 5) is 28.0. The van der Waals surface area contributed by atoms with Gasteiger partial charge in [0, 0.05) is 51.4 Å². The van der Waals surface area contributed by atoms with Gasteiger partial charge in [-0.2, -0.15) is 5.10 Å². The number of halogens is 1. The van der Waals surface area contributed by atoms with Gasteiger partial charge in [0.25, 0.3) is 17.2 Å². The van der Waals surface area contributed by atoms with Gasteiger partial charge in [0.2, 0.25) is 0 Å². The second-order valence-corrected chi connectivity index (χ2v) is 14.1. The minimum atomic E-state index is -2.16. The van der Waals surface area contributed by atoms with Gasteiger partial charge in [0.05, 0.1) is 42.4 Å². The first-order chi connectivity index (χ1) is 22.5. The van der Waals surface area contributed by atoms with E-state index in [1.165, 1.54) is 28.8 Å². The normalized spacial score (nSPS) is 21.8. The Labute approximate surface area is 277 Å². The highest BCUT2D eigenvalue weighted by molar-refractivity contribution is 7.80. The summed E-state index contributed by atoms with van der Waals surface area (Å²) in [6.07, 6.45) is 10.2. The van der Waals surface area contributed by atoms with Crippen molar-refractivity contribution in [2.45, 2.75) is 57.7 Å². The molecule has 3 aromatic rings. The lowest BCUT2D eigenvalue weighted by atomic mass is 9.72. The van der Waals surface area contributed by atoms with Crippen molar-refractivity contribution in [2.75, 3.05) is 55.6 Å². The van der Waals surface area contributed by atoms with Gasteiger partial charge in [-0.15, -0.1) is 0 Å². The number of piperidine rings is 1. The van der Waals surface area contributed by atoms with Gasteiger partial charge >= 0.3 is 0 Å². The van der Waals surface area contributed by atoms with Gasteiger partial charge in [0.1, 0.15) is 17.9 Å². The predicted molar refractivity (Wildman–Crippen MR) is 175 cm³/mol. The molecule has 1 N–H and O–H groups in total. The van der Waals surface area contributed by atoms with Gasteiger partial charge in [-0.25, -0.2) is 18.6 Å². The Kier molecular flexibility index (Phi) is 9.78. The van der Waals surface area contributed by atoms with Crippen LogP contribution in [0.4, 0.5) is 15.9 Å². The number of aromatic nitrogens is 4. The van der Waals surface area contributed by atoms with Crippen molar-refractivity contribution in [3.63, 3.8) is 0 Å². The van der Waals surface area contributed by atoms with Gasteiger partial charge in [-0.1, -0.05) is 0 Å². The number of rotatable bonds is 10. The second kappa shape index (κ2) is 13.8. The van der Waals surface area contributed by atoms with Gasteiger partial charge in [0.15, 0.2) is 11.6 Å². The summed E-state index contributed by atoms with van der Waals surface area (Å²) in [5.41, 5.74) is 0.945. The van der Waals surface area contributed by atoms with Gasteiger partial charge in [-0.3, -0.25) is 18.3 Å². The smallest absolute Gasteiger partial charge is 0.262 e. The maximum absolute atomic E-state index is 14.2. The zero-order valence-corrected chi connectivity index (χ0v) is 28.1. The zero-order chi connectivity index (χ0) is 33.3. The number of aryl methyl sites for hydroxylation is 1. The molecule has 1 spiro atoms. The van der Waals surface area contributed by atoms with Crippen LogP contribution in [0.3, 0.4) is 0 Å². The van der Waals surface area contributed by atoms with E-state index < -0.39 is 17.1 Å². The molecule has 13 nitrogen and oxygen atoms in total. The number of amides is 1. The molecular weight excluding hydrogens is 627 g/mol. The molecule has 47 heavy (non-hydrogen) atoms. The molecule has 3 atom stereocenters. The molecule has 15 heteroatoms. The topological polar surface area (TPSA) is 129 Å². The molecule has 0 radical (unpaired) electrons. The maximum Gasteiger partial charge on any atom is 0.262 e. The third-order valence-electron chi connectivity index (χ3n) is 9.67. The van der Waals surface area contributed by atoms with Crippen molar-refractivity contribution in [1.29, 1.82) is 0 Å². The summed E-state index contributed by atoms with van der Waals surface area (Å²) in [7, 11) is 3.46. The average molecular weight is 671 g/mol. The summed E-state index contributed by atoms with van der Waals surface area (Å²) >= 11 is -2.16. The van der Waals surface area contributed by atoms with Gasteiger partial charge in [-0.05, 0) is 70.8 Å². The van der Waals surface area contributed by atoms with E-state index in [4.69, 9.17) is 9.47 Å². The minimum Gasteiger partial charge on any atom is -0.451 e. The lowest BCUT2D eigenvalue weighted by Gasteiger charge is -2.54. The number of hydrogen-bond acceptors (Lipinski definition) is 9. The third kappa shape index (κ3) is 7.27. The molecule has 6 rings (SSSR count). The van der Waals surface area contributed by atoms with E-state index in [0.717, 1.165) is 58.4 Å². The molecule has 3 fully saturated rings. The third-order valence-corrected chi connectivity index (χ3v) is 10.5. The Morgan fingerprint density at radius 3 is 2.62 bits per heavy atom. The number of ether oxygens (including phenoxy) is 2. The monoisotopic (exact) mass is 670 g/mol. The Morgan fingerprint density at radius 2 is 1.98 bits per heavy atom. The molecule has 2 aromatic heterocycles. The Bertz CT molecular complexity index is 1580. The lowest BCUT2D eigenvalue weighted by Crippen LogP contribution is -2.61. The van der Waals surface area contributed by atoms with E-state index >= 15 is 0 Å². The van der Waals surface area contributed by atoms with Crippen molar-refractivity contribution >= 4 is 28.7 Å². The first-order valence-corrected chi connectivity index (χ1v) is 17.1. The quantitative estimate of drug-likeness (QED) is 0.319. The van der Waals surface area contributed by atoms with E-state index in [9.17, 15) is 17.9 Å². The number of carbonyl (C=O) groups excluding carboxylic acids is 1. The Morgan fingerprint density at radius 1 is 1.21 bits per heavy atom. The maximum atomic E-state index is 14.2. The number of benzene rings is 1. The lowest BCUT2D eigenvalue weighted by molar-refractivity contribution is -0.0270. The van der Waals surface area contributed by atoms with Crippen LogP contribution >= 0.6 is 0 Å². The molecule has 1 aromatic carbocycles. The van der Waals surface area contributed by atoms with Crippen LogP contribution in [0.5, 0.6) is 11.5 Å². The molecule has 0 bridgehead atoms. The molecule has 0 saturated carbocycles. The van der Waals surface area contributed by atoms with E-state index in [0.29, 0.717) is 23.9 Å². The molecular formula is C32H43FN8O5S. The van der Waals surface area contributed by atoms with Crippen LogP contribution in [0.2, 0.25) is 0 Å². The minimum absolute atomic E-state index is 0.0609. The van der Waals surface area contributed by atoms with Crippen LogP contribution in [-0.4, -0.2) is 109 Å². The van der Waals surface area contributed by atoms with Crippen molar-refractivity contribution in [3.8, 4) is 11.5 Å². The highest BCUT2D eigenvalue weighted by atomic mass is 32.2. The van der Waals surface area contributed by atoms with E-state index in [-0.39, 0.29) is 40.8 Å². The van der Waals surface area contributed by atoms with Crippen molar-refractivity contribution in [3.05, 3.63) is 54.5 Å². The fourth-order valence-electron chi connectivity index (χ4n) is 6.72. The van der Waals surface area contributed by atoms with Crippen molar-refractivity contribution in [1.82, 2.24) is 29.5 Å². The highest BCUT2D eigenvalue weighted by Gasteiger charge is 2.46. The molecule has 1 amide bonds. The van der Waals surface area contributed by atoms with Crippen LogP contribution in [0.25, 0.3) is 0 Å². The summed E-state index contributed by atoms with van der Waals surface area (Å²) in [5, 5.41) is 4.14. The van der Waals surface area contributed by atoms with E-state index in [1.807, 2.05) is 13.8 Å². The van der Waals surface area contributed by atoms with Crippen LogP contribution in [0.15, 0.2) is 43.1 Å². The van der Waals surface area contributed by atoms with Crippen LogP contribution in [0.1, 0.15) is 49.9 Å². The second-order valence-electron chi connectivity index (χ2n) is 13.2.